The predicted octanol–water partition coefficient (Wildman–Crippen LogP) is 2.81. The van der Waals surface area contributed by atoms with Crippen LogP contribution in [0.5, 0.6) is 0 Å². The number of amides is 1. The Morgan fingerprint density at radius 2 is 2.04 bits per heavy atom. The Hall–Kier alpha value is -2.48. The van der Waals surface area contributed by atoms with Gasteiger partial charge in [0, 0.05) is 18.2 Å². The maximum atomic E-state index is 13.6. The molecule has 0 saturated carbocycles. The number of carbonyl (C=O) groups is 1. The first-order valence-corrected chi connectivity index (χ1v) is 7.11. The van der Waals surface area contributed by atoms with Gasteiger partial charge in [0.1, 0.15) is 11.7 Å². The number of nitrogens with two attached hydrogens (primary N) is 1. The molecule has 1 aliphatic rings. The van der Waals surface area contributed by atoms with E-state index in [-0.39, 0.29) is 17.8 Å². The highest BCUT2D eigenvalue weighted by Crippen LogP contribution is 2.45. The number of aromatic nitrogens is 1. The van der Waals surface area contributed by atoms with Crippen LogP contribution in [-0.2, 0) is 6.54 Å². The zero-order valence-corrected chi connectivity index (χ0v) is 12.3. The fourth-order valence-electron chi connectivity index (χ4n) is 2.94. The molecule has 3 N–H and O–H groups in total. The van der Waals surface area contributed by atoms with Gasteiger partial charge < -0.3 is 11.1 Å². The number of fused-ring (bicyclic) bond motifs is 1. The number of primary amides is 1. The van der Waals surface area contributed by atoms with Gasteiger partial charge in [-0.05, 0) is 35.4 Å². The van der Waals surface area contributed by atoms with Crippen molar-refractivity contribution in [3.8, 4) is 0 Å². The van der Waals surface area contributed by atoms with E-state index < -0.39 is 29.9 Å². The van der Waals surface area contributed by atoms with Crippen molar-refractivity contribution < 1.29 is 22.4 Å². The summed E-state index contributed by atoms with van der Waals surface area (Å²) in [5.41, 5.74) is 6.16. The second kappa shape index (κ2) is 5.86. The van der Waals surface area contributed by atoms with Crippen molar-refractivity contribution in [3.05, 3.63) is 64.7 Å². The average Bonchev–Trinajstić information content (AvgIpc) is 2.91. The molecule has 1 aliphatic heterocycles. The Bertz CT molecular complexity index is 774. The summed E-state index contributed by atoms with van der Waals surface area (Å²) in [7, 11) is 0. The standard InChI is InChI=1S/C16H13F4N3O/c17-10-2-4-12(22-7-10)13(16(18,19)20)14-11-3-1-8(15(21)24)5-9(11)6-23-14/h1-5,7,13-14,23H,6H2,(H2,21,24)/t13-,14?/m0/s1. The molecule has 4 nitrogen and oxygen atoms in total. The van der Waals surface area contributed by atoms with E-state index in [4.69, 9.17) is 5.73 Å². The normalized spacial score (nSPS) is 18.2. The topological polar surface area (TPSA) is 68.0 Å². The van der Waals surface area contributed by atoms with Gasteiger partial charge in [-0.15, -0.1) is 0 Å². The molecule has 0 radical (unpaired) electrons. The Labute approximate surface area is 134 Å². The maximum Gasteiger partial charge on any atom is 0.399 e. The van der Waals surface area contributed by atoms with Gasteiger partial charge >= 0.3 is 6.18 Å². The van der Waals surface area contributed by atoms with E-state index in [0.29, 0.717) is 11.1 Å². The molecule has 1 amide bonds. The molecule has 0 bridgehead atoms. The quantitative estimate of drug-likeness (QED) is 0.845. The Morgan fingerprint density at radius 1 is 1.29 bits per heavy atom. The first kappa shape index (κ1) is 16.4. The van der Waals surface area contributed by atoms with Crippen molar-refractivity contribution >= 4 is 5.91 Å². The predicted molar refractivity (Wildman–Crippen MR) is 77.5 cm³/mol. The van der Waals surface area contributed by atoms with Crippen LogP contribution in [0.25, 0.3) is 0 Å². The molecule has 126 valence electrons. The first-order valence-electron chi connectivity index (χ1n) is 7.11. The summed E-state index contributed by atoms with van der Waals surface area (Å²) in [5.74, 6) is -3.28. The number of carbonyl (C=O) groups excluding carboxylic acids is 1. The van der Waals surface area contributed by atoms with Gasteiger partial charge in [0.15, 0.2) is 0 Å². The van der Waals surface area contributed by atoms with Crippen LogP contribution in [0.15, 0.2) is 36.5 Å². The van der Waals surface area contributed by atoms with Crippen molar-refractivity contribution in [2.45, 2.75) is 24.7 Å². The maximum absolute atomic E-state index is 13.6. The summed E-state index contributed by atoms with van der Waals surface area (Å²) in [6, 6.07) is 5.25. The van der Waals surface area contributed by atoms with E-state index in [1.807, 2.05) is 0 Å². The smallest absolute Gasteiger partial charge is 0.366 e. The van der Waals surface area contributed by atoms with Crippen LogP contribution in [-0.4, -0.2) is 17.1 Å². The van der Waals surface area contributed by atoms with E-state index in [1.54, 1.807) is 0 Å². The number of hydrogen-bond acceptors (Lipinski definition) is 3. The largest absolute Gasteiger partial charge is 0.399 e. The number of rotatable bonds is 3. The third kappa shape index (κ3) is 2.96. The molecule has 1 aromatic heterocycles. The molecule has 24 heavy (non-hydrogen) atoms. The highest BCUT2D eigenvalue weighted by atomic mass is 19.4. The molecule has 1 unspecified atom stereocenters. The molecule has 0 spiro atoms. The minimum atomic E-state index is -4.58. The second-order valence-corrected chi connectivity index (χ2v) is 5.56. The van der Waals surface area contributed by atoms with Crippen molar-refractivity contribution in [2.24, 2.45) is 5.73 Å². The van der Waals surface area contributed by atoms with Gasteiger partial charge in [-0.2, -0.15) is 13.2 Å². The summed E-state index contributed by atoms with van der Waals surface area (Å²) in [6.45, 7) is 0.175. The molecule has 3 rings (SSSR count). The molecule has 2 atom stereocenters. The Kier molecular flexibility index (Phi) is 4.00. The lowest BCUT2D eigenvalue weighted by Crippen LogP contribution is -2.32. The van der Waals surface area contributed by atoms with Gasteiger partial charge in [0.2, 0.25) is 5.91 Å². The number of nitrogens with one attached hydrogen (secondary N) is 1. The summed E-state index contributed by atoms with van der Waals surface area (Å²) < 4.78 is 53.8. The fraction of sp³-hybridized carbons (Fsp3) is 0.250. The number of benzene rings is 1. The summed E-state index contributed by atoms with van der Waals surface area (Å²) in [5, 5.41) is 2.80. The second-order valence-electron chi connectivity index (χ2n) is 5.56. The van der Waals surface area contributed by atoms with Crippen LogP contribution >= 0.6 is 0 Å². The monoisotopic (exact) mass is 339 g/mol. The third-order valence-electron chi connectivity index (χ3n) is 4.03. The molecule has 8 heteroatoms. The summed E-state index contributed by atoms with van der Waals surface area (Å²) in [6.07, 6.45) is -3.81. The van der Waals surface area contributed by atoms with E-state index in [9.17, 15) is 22.4 Å². The molecule has 0 aliphatic carbocycles. The molecule has 2 heterocycles. The van der Waals surface area contributed by atoms with Gasteiger partial charge in [0.05, 0.1) is 11.9 Å². The number of nitrogens with zero attached hydrogens (tertiary/aromatic N) is 1. The van der Waals surface area contributed by atoms with Crippen molar-refractivity contribution in [3.63, 3.8) is 0 Å². The first-order chi connectivity index (χ1) is 11.3. The molecular weight excluding hydrogens is 326 g/mol. The van der Waals surface area contributed by atoms with Gasteiger partial charge in [0.25, 0.3) is 0 Å². The van der Waals surface area contributed by atoms with E-state index in [2.05, 4.69) is 10.3 Å². The van der Waals surface area contributed by atoms with Crippen LogP contribution in [0.4, 0.5) is 17.6 Å². The van der Waals surface area contributed by atoms with E-state index in [0.717, 1.165) is 18.3 Å². The number of hydrogen-bond donors (Lipinski definition) is 2. The molecule has 0 saturated heterocycles. The van der Waals surface area contributed by atoms with E-state index in [1.165, 1.54) is 18.2 Å². The molecule has 1 aromatic carbocycles. The summed E-state index contributed by atoms with van der Waals surface area (Å²) >= 11 is 0. The van der Waals surface area contributed by atoms with Crippen LogP contribution in [0, 0.1) is 5.82 Å². The lowest BCUT2D eigenvalue weighted by atomic mass is 9.89. The van der Waals surface area contributed by atoms with Crippen molar-refractivity contribution in [2.75, 3.05) is 0 Å². The SMILES string of the molecule is NC(=O)c1ccc2c(c1)CNC2[C@H](c1ccc(F)cn1)C(F)(F)F. The highest BCUT2D eigenvalue weighted by Gasteiger charge is 2.48. The minimum Gasteiger partial charge on any atom is -0.366 e. The lowest BCUT2D eigenvalue weighted by Gasteiger charge is -2.26. The van der Waals surface area contributed by atoms with Crippen LogP contribution in [0.3, 0.4) is 0 Å². The van der Waals surface area contributed by atoms with Crippen molar-refractivity contribution in [1.29, 1.82) is 0 Å². The van der Waals surface area contributed by atoms with Gasteiger partial charge in [-0.1, -0.05) is 6.07 Å². The minimum absolute atomic E-state index is 0.175. The third-order valence-corrected chi connectivity index (χ3v) is 4.03. The van der Waals surface area contributed by atoms with Crippen LogP contribution in [0.1, 0.15) is 39.1 Å². The molecule has 2 aromatic rings. The Morgan fingerprint density at radius 3 is 2.62 bits per heavy atom. The number of alkyl halides is 3. The van der Waals surface area contributed by atoms with Gasteiger partial charge in [-0.25, -0.2) is 4.39 Å². The van der Waals surface area contributed by atoms with Crippen molar-refractivity contribution in [1.82, 2.24) is 10.3 Å². The summed E-state index contributed by atoms with van der Waals surface area (Å²) in [4.78, 5) is 14.8. The Balaban J connectivity index is 2.03. The average molecular weight is 339 g/mol. The zero-order chi connectivity index (χ0) is 17.5. The zero-order valence-electron chi connectivity index (χ0n) is 12.3. The lowest BCUT2D eigenvalue weighted by molar-refractivity contribution is -0.158. The van der Waals surface area contributed by atoms with Gasteiger partial charge in [-0.3, -0.25) is 9.78 Å². The number of pyridine rings is 1. The van der Waals surface area contributed by atoms with Crippen LogP contribution < -0.4 is 11.1 Å². The molecule has 0 fully saturated rings. The van der Waals surface area contributed by atoms with E-state index >= 15 is 0 Å². The fourth-order valence-corrected chi connectivity index (χ4v) is 2.94. The molecular formula is C16H13F4N3O. The highest BCUT2D eigenvalue weighted by molar-refractivity contribution is 5.93. The van der Waals surface area contributed by atoms with Crippen LogP contribution in [0.2, 0.25) is 0 Å². The number of halogens is 4.